The van der Waals surface area contributed by atoms with Crippen LogP contribution in [0.1, 0.15) is 22.8 Å². The van der Waals surface area contributed by atoms with Crippen molar-refractivity contribution in [3.63, 3.8) is 0 Å². The molecule has 1 amide bonds. The van der Waals surface area contributed by atoms with Crippen molar-refractivity contribution in [2.75, 3.05) is 13.1 Å². The molecule has 1 aliphatic heterocycles. The number of esters is 1. The van der Waals surface area contributed by atoms with E-state index in [0.717, 1.165) is 5.56 Å². The van der Waals surface area contributed by atoms with Gasteiger partial charge in [0, 0.05) is 19.5 Å². The van der Waals surface area contributed by atoms with Gasteiger partial charge in [0.15, 0.2) is 5.60 Å². The Labute approximate surface area is 124 Å². The summed E-state index contributed by atoms with van der Waals surface area (Å²) in [5.41, 5.74) is 0.181. The summed E-state index contributed by atoms with van der Waals surface area (Å²) < 4.78 is 5.44. The van der Waals surface area contributed by atoms with Crippen LogP contribution in [0.15, 0.2) is 49.6 Å². The fraction of sp³-hybridized carbons (Fsp3) is 0.294. The lowest BCUT2D eigenvalue weighted by molar-refractivity contribution is -0.150. The molecule has 4 nitrogen and oxygen atoms in total. The topological polar surface area (TPSA) is 46.6 Å². The van der Waals surface area contributed by atoms with Crippen LogP contribution < -0.4 is 0 Å². The highest BCUT2D eigenvalue weighted by atomic mass is 16.6. The van der Waals surface area contributed by atoms with Crippen LogP contribution in [0, 0.1) is 0 Å². The number of ether oxygens (including phenoxy) is 1. The number of hydrogen-bond donors (Lipinski definition) is 0. The minimum absolute atomic E-state index is 0.231. The quantitative estimate of drug-likeness (QED) is 0.616. The summed E-state index contributed by atoms with van der Waals surface area (Å²) in [6.07, 6.45) is 3.66. The molecule has 0 saturated heterocycles. The van der Waals surface area contributed by atoms with Gasteiger partial charge in [-0.05, 0) is 18.6 Å². The summed E-state index contributed by atoms with van der Waals surface area (Å²) in [6.45, 7) is 9.73. The van der Waals surface area contributed by atoms with Gasteiger partial charge >= 0.3 is 5.97 Å². The van der Waals surface area contributed by atoms with Crippen molar-refractivity contribution >= 4 is 11.9 Å². The van der Waals surface area contributed by atoms with E-state index in [-0.39, 0.29) is 5.91 Å². The molecule has 0 spiro atoms. The van der Waals surface area contributed by atoms with Crippen molar-refractivity contribution in [1.82, 2.24) is 4.90 Å². The van der Waals surface area contributed by atoms with E-state index in [1.807, 2.05) is 12.1 Å². The number of nitrogens with zero attached hydrogens (tertiary/aromatic N) is 1. The highest BCUT2D eigenvalue weighted by molar-refractivity contribution is 5.97. The molecule has 21 heavy (non-hydrogen) atoms. The van der Waals surface area contributed by atoms with Crippen molar-refractivity contribution in [2.45, 2.75) is 18.9 Å². The second-order valence-corrected chi connectivity index (χ2v) is 5.24. The molecule has 1 heterocycles. The average molecular weight is 285 g/mol. The van der Waals surface area contributed by atoms with Gasteiger partial charge in [-0.1, -0.05) is 30.4 Å². The Hall–Kier alpha value is -2.36. The second kappa shape index (κ2) is 5.95. The molecule has 1 aromatic rings. The first-order valence-corrected chi connectivity index (χ1v) is 6.84. The lowest BCUT2D eigenvalue weighted by Crippen LogP contribution is -2.53. The van der Waals surface area contributed by atoms with Crippen LogP contribution in [-0.2, 0) is 16.0 Å². The smallest absolute Gasteiger partial charge is 0.339 e. The maximum Gasteiger partial charge on any atom is 0.339 e. The number of hydrogen-bond acceptors (Lipinski definition) is 3. The van der Waals surface area contributed by atoms with Crippen molar-refractivity contribution < 1.29 is 14.3 Å². The van der Waals surface area contributed by atoms with Crippen LogP contribution in [-0.4, -0.2) is 35.5 Å². The van der Waals surface area contributed by atoms with Gasteiger partial charge in [-0.3, -0.25) is 4.79 Å². The summed E-state index contributed by atoms with van der Waals surface area (Å²) in [5.74, 6) is -0.685. The number of carbonyl (C=O) groups is 2. The van der Waals surface area contributed by atoms with Crippen LogP contribution in [0.5, 0.6) is 0 Å². The van der Waals surface area contributed by atoms with Crippen LogP contribution in [0.2, 0.25) is 0 Å². The standard InChI is InChI=1S/C17H19NO3/c1-4-10-18(11-5-2)16(20)17(3)12-13-8-6-7-9-14(13)15(19)21-17/h4-9H,1-2,10-12H2,3H3. The maximum atomic E-state index is 12.7. The molecule has 1 aliphatic rings. The normalized spacial score (nSPS) is 20.1. The number of amides is 1. The van der Waals surface area contributed by atoms with E-state index in [9.17, 15) is 9.59 Å². The maximum absolute atomic E-state index is 12.7. The Bertz CT molecular complexity index is 583. The zero-order valence-corrected chi connectivity index (χ0v) is 12.2. The minimum Gasteiger partial charge on any atom is -0.445 e. The van der Waals surface area contributed by atoms with E-state index in [1.54, 1.807) is 36.1 Å². The van der Waals surface area contributed by atoms with Gasteiger partial charge in [-0.25, -0.2) is 4.79 Å². The molecule has 1 unspecified atom stereocenters. The van der Waals surface area contributed by atoms with Crippen molar-refractivity contribution in [3.05, 3.63) is 60.7 Å². The van der Waals surface area contributed by atoms with Gasteiger partial charge in [0.2, 0.25) is 0 Å². The van der Waals surface area contributed by atoms with Gasteiger partial charge in [0.05, 0.1) is 5.56 Å². The van der Waals surface area contributed by atoms with Crippen LogP contribution >= 0.6 is 0 Å². The molecular weight excluding hydrogens is 266 g/mol. The van der Waals surface area contributed by atoms with Crippen molar-refractivity contribution in [2.24, 2.45) is 0 Å². The number of carbonyl (C=O) groups excluding carboxylic acids is 2. The molecule has 0 aliphatic carbocycles. The first-order valence-electron chi connectivity index (χ1n) is 6.84. The van der Waals surface area contributed by atoms with Crippen molar-refractivity contribution in [1.29, 1.82) is 0 Å². The molecule has 110 valence electrons. The SMILES string of the molecule is C=CCN(CC=C)C(=O)C1(C)Cc2ccccc2C(=O)O1. The minimum atomic E-state index is -1.18. The van der Waals surface area contributed by atoms with E-state index in [2.05, 4.69) is 13.2 Å². The van der Waals surface area contributed by atoms with Gasteiger partial charge in [-0.15, -0.1) is 13.2 Å². The third-order valence-electron chi connectivity index (χ3n) is 3.52. The third-order valence-corrected chi connectivity index (χ3v) is 3.52. The predicted octanol–water partition coefficient (Wildman–Crippen LogP) is 2.36. The first-order chi connectivity index (χ1) is 10.0. The molecule has 1 atom stereocenters. The Morgan fingerprint density at radius 3 is 2.57 bits per heavy atom. The molecule has 2 rings (SSSR count). The van der Waals surface area contributed by atoms with Crippen LogP contribution in [0.4, 0.5) is 0 Å². The van der Waals surface area contributed by atoms with Gasteiger partial charge in [-0.2, -0.15) is 0 Å². The zero-order chi connectivity index (χ0) is 15.5. The third kappa shape index (κ3) is 2.89. The largest absolute Gasteiger partial charge is 0.445 e. The van der Waals surface area contributed by atoms with E-state index >= 15 is 0 Å². The van der Waals surface area contributed by atoms with E-state index in [0.29, 0.717) is 25.1 Å². The fourth-order valence-corrected chi connectivity index (χ4v) is 2.54. The monoisotopic (exact) mass is 285 g/mol. The highest BCUT2D eigenvalue weighted by Gasteiger charge is 2.44. The molecule has 0 fully saturated rings. The van der Waals surface area contributed by atoms with Crippen LogP contribution in [0.25, 0.3) is 0 Å². The number of cyclic esters (lactones) is 1. The second-order valence-electron chi connectivity index (χ2n) is 5.24. The van der Waals surface area contributed by atoms with Gasteiger partial charge < -0.3 is 9.64 Å². The Morgan fingerprint density at radius 2 is 1.95 bits per heavy atom. The zero-order valence-electron chi connectivity index (χ0n) is 12.2. The molecular formula is C17H19NO3. The van der Waals surface area contributed by atoms with Gasteiger partial charge in [0.1, 0.15) is 0 Å². The number of fused-ring (bicyclic) bond motifs is 1. The van der Waals surface area contributed by atoms with E-state index in [4.69, 9.17) is 4.74 Å². The molecule has 0 N–H and O–H groups in total. The predicted molar refractivity (Wildman–Crippen MR) is 80.9 cm³/mol. The Morgan fingerprint density at radius 1 is 1.33 bits per heavy atom. The lowest BCUT2D eigenvalue weighted by Gasteiger charge is -2.36. The first kappa shape index (κ1) is 15.0. The summed E-state index contributed by atoms with van der Waals surface area (Å²) in [4.78, 5) is 26.4. The van der Waals surface area contributed by atoms with Crippen LogP contribution in [0.3, 0.4) is 0 Å². The van der Waals surface area contributed by atoms with E-state index < -0.39 is 11.6 Å². The summed E-state index contributed by atoms with van der Waals surface area (Å²) >= 11 is 0. The molecule has 4 heteroatoms. The highest BCUT2D eigenvalue weighted by Crippen LogP contribution is 2.29. The molecule has 0 saturated carbocycles. The van der Waals surface area contributed by atoms with Gasteiger partial charge in [0.25, 0.3) is 5.91 Å². The fourth-order valence-electron chi connectivity index (χ4n) is 2.54. The average Bonchev–Trinajstić information content (AvgIpc) is 2.46. The number of rotatable bonds is 5. The Balaban J connectivity index is 2.30. The molecule has 1 aromatic carbocycles. The summed E-state index contributed by atoms with van der Waals surface area (Å²) in [7, 11) is 0. The molecule has 0 aromatic heterocycles. The summed E-state index contributed by atoms with van der Waals surface area (Å²) in [6, 6.07) is 7.21. The molecule has 0 radical (unpaired) electrons. The Kier molecular flexibility index (Phi) is 4.26. The lowest BCUT2D eigenvalue weighted by atomic mass is 9.89. The summed E-state index contributed by atoms with van der Waals surface area (Å²) in [5, 5.41) is 0. The molecule has 0 bridgehead atoms. The van der Waals surface area contributed by atoms with E-state index in [1.165, 1.54) is 0 Å². The van der Waals surface area contributed by atoms with Crippen molar-refractivity contribution in [3.8, 4) is 0 Å². The number of benzene rings is 1.